The minimum Gasteiger partial charge on any atom is -0.497 e. The molecule has 8 nitrogen and oxygen atoms in total. The minimum atomic E-state index is -3.62. The van der Waals surface area contributed by atoms with E-state index in [1.807, 2.05) is 0 Å². The fraction of sp³-hybridized carbons (Fsp3) is 0.556. The molecule has 27 heavy (non-hydrogen) atoms. The van der Waals surface area contributed by atoms with Crippen LogP contribution in [0, 0.1) is 5.92 Å². The molecule has 1 fully saturated rings. The summed E-state index contributed by atoms with van der Waals surface area (Å²) < 4.78 is 37.0. The number of nitrogens with one attached hydrogen (secondary N) is 1. The van der Waals surface area contributed by atoms with Gasteiger partial charge in [0.15, 0.2) is 0 Å². The molecule has 1 aliphatic rings. The molecule has 0 radical (unpaired) electrons. The Labute approximate surface area is 159 Å². The van der Waals surface area contributed by atoms with Crippen LogP contribution in [0.2, 0.25) is 0 Å². The zero-order chi connectivity index (χ0) is 19.9. The maximum Gasteiger partial charge on any atom is 0.306 e. The number of hydrogen-bond donors (Lipinski definition) is 1. The lowest BCUT2D eigenvalue weighted by Gasteiger charge is -2.33. The van der Waals surface area contributed by atoms with Gasteiger partial charge >= 0.3 is 5.97 Å². The molecule has 1 N–H and O–H groups in total. The Hall–Kier alpha value is -2.13. The molecule has 1 atom stereocenters. The quantitative estimate of drug-likeness (QED) is 0.660. The Balaban J connectivity index is 1.87. The van der Waals surface area contributed by atoms with Crippen LogP contribution in [0.4, 0.5) is 0 Å². The van der Waals surface area contributed by atoms with Gasteiger partial charge in [-0.3, -0.25) is 9.59 Å². The number of sulfonamides is 1. The van der Waals surface area contributed by atoms with Crippen molar-refractivity contribution in [2.45, 2.75) is 30.6 Å². The summed E-state index contributed by atoms with van der Waals surface area (Å²) in [4.78, 5) is 25.3. The van der Waals surface area contributed by atoms with Gasteiger partial charge in [-0.1, -0.05) is 0 Å². The summed E-state index contributed by atoms with van der Waals surface area (Å²) in [6.45, 7) is 1.36. The van der Waals surface area contributed by atoms with Gasteiger partial charge in [0.25, 0.3) is 0 Å². The SMILES string of the molecule is COC(=O)CCC(=O)N1CCC[C@@H](CNS(=O)(=O)c2ccc(OC)cc2)C1. The van der Waals surface area contributed by atoms with Crippen molar-refractivity contribution in [3.05, 3.63) is 24.3 Å². The smallest absolute Gasteiger partial charge is 0.306 e. The standard InChI is InChI=1S/C18H26N2O6S/c1-25-15-5-7-16(8-6-15)27(23,24)19-12-14-4-3-11-20(13-14)17(21)9-10-18(22)26-2/h5-8,14,19H,3-4,9-13H2,1-2H3/t14-/m0/s1. The topological polar surface area (TPSA) is 102 Å². The molecule has 2 rings (SSSR count). The van der Waals surface area contributed by atoms with Gasteiger partial charge in [0.05, 0.1) is 25.5 Å². The normalized spacial score (nSPS) is 17.4. The van der Waals surface area contributed by atoms with Gasteiger partial charge in [-0.25, -0.2) is 13.1 Å². The molecule has 1 saturated heterocycles. The van der Waals surface area contributed by atoms with E-state index in [0.717, 1.165) is 12.8 Å². The highest BCUT2D eigenvalue weighted by atomic mass is 32.2. The molecule has 9 heteroatoms. The number of methoxy groups -OCH3 is 2. The molecule has 1 amide bonds. The number of piperidine rings is 1. The van der Waals surface area contributed by atoms with Crippen molar-refractivity contribution < 1.29 is 27.5 Å². The van der Waals surface area contributed by atoms with E-state index in [1.165, 1.54) is 26.4 Å². The second kappa shape index (κ2) is 9.70. The maximum atomic E-state index is 12.4. The zero-order valence-corrected chi connectivity index (χ0v) is 16.5. The molecule has 0 unspecified atom stereocenters. The molecule has 0 aromatic heterocycles. The van der Waals surface area contributed by atoms with Crippen LogP contribution in [0.3, 0.4) is 0 Å². The van der Waals surface area contributed by atoms with Crippen molar-refractivity contribution >= 4 is 21.9 Å². The van der Waals surface area contributed by atoms with Crippen LogP contribution >= 0.6 is 0 Å². The molecule has 0 aliphatic carbocycles. The zero-order valence-electron chi connectivity index (χ0n) is 15.6. The fourth-order valence-electron chi connectivity index (χ4n) is 2.99. The van der Waals surface area contributed by atoms with Crippen LogP contribution in [0.5, 0.6) is 5.75 Å². The number of amides is 1. The first-order valence-corrected chi connectivity index (χ1v) is 10.3. The van der Waals surface area contributed by atoms with E-state index >= 15 is 0 Å². The van der Waals surface area contributed by atoms with Gasteiger partial charge in [0.2, 0.25) is 15.9 Å². The first-order valence-electron chi connectivity index (χ1n) is 8.84. The fourth-order valence-corrected chi connectivity index (χ4v) is 4.11. The maximum absolute atomic E-state index is 12.4. The summed E-state index contributed by atoms with van der Waals surface area (Å²) in [5.74, 6) is 0.100. The van der Waals surface area contributed by atoms with Crippen LogP contribution in [0.15, 0.2) is 29.2 Å². The molecule has 150 valence electrons. The minimum absolute atomic E-state index is 0.0360. The molecule has 1 aromatic carbocycles. The predicted octanol–water partition coefficient (Wildman–Crippen LogP) is 1.17. The van der Waals surface area contributed by atoms with Crippen LogP contribution in [-0.4, -0.2) is 59.0 Å². The van der Waals surface area contributed by atoms with E-state index in [4.69, 9.17) is 4.74 Å². The highest BCUT2D eigenvalue weighted by Crippen LogP contribution is 2.19. The highest BCUT2D eigenvalue weighted by molar-refractivity contribution is 7.89. The third-order valence-corrected chi connectivity index (χ3v) is 6.01. The first kappa shape index (κ1) is 21.2. The van der Waals surface area contributed by atoms with Crippen molar-refractivity contribution in [2.24, 2.45) is 5.92 Å². The molecule has 1 aliphatic heterocycles. The number of carbonyl (C=O) groups excluding carboxylic acids is 2. The Kier molecular flexibility index (Phi) is 7.61. The molecule has 0 bridgehead atoms. The number of benzene rings is 1. The van der Waals surface area contributed by atoms with Crippen LogP contribution < -0.4 is 9.46 Å². The van der Waals surface area contributed by atoms with E-state index in [0.29, 0.717) is 18.8 Å². The summed E-state index contributed by atoms with van der Waals surface area (Å²) in [6.07, 6.45) is 1.81. The average molecular weight is 398 g/mol. The Morgan fingerprint density at radius 2 is 1.89 bits per heavy atom. The summed E-state index contributed by atoms with van der Waals surface area (Å²) >= 11 is 0. The van der Waals surface area contributed by atoms with Gasteiger partial charge in [0.1, 0.15) is 5.75 Å². The van der Waals surface area contributed by atoms with Crippen LogP contribution in [0.1, 0.15) is 25.7 Å². The van der Waals surface area contributed by atoms with Crippen molar-refractivity contribution in [1.82, 2.24) is 9.62 Å². The number of rotatable bonds is 8. The average Bonchev–Trinajstić information content (AvgIpc) is 2.70. The number of nitrogens with zero attached hydrogens (tertiary/aromatic N) is 1. The van der Waals surface area contributed by atoms with E-state index in [2.05, 4.69) is 9.46 Å². The van der Waals surface area contributed by atoms with Crippen molar-refractivity contribution in [2.75, 3.05) is 33.9 Å². The largest absolute Gasteiger partial charge is 0.497 e. The number of esters is 1. The van der Waals surface area contributed by atoms with Crippen molar-refractivity contribution in [3.63, 3.8) is 0 Å². The Morgan fingerprint density at radius 1 is 1.19 bits per heavy atom. The van der Waals surface area contributed by atoms with E-state index in [9.17, 15) is 18.0 Å². The first-order chi connectivity index (χ1) is 12.9. The van der Waals surface area contributed by atoms with Crippen molar-refractivity contribution in [1.29, 1.82) is 0 Å². The second-order valence-electron chi connectivity index (χ2n) is 6.45. The molecule has 0 spiro atoms. The highest BCUT2D eigenvalue weighted by Gasteiger charge is 2.25. The molecular weight excluding hydrogens is 372 g/mol. The summed E-state index contributed by atoms with van der Waals surface area (Å²) in [7, 11) is -0.810. The lowest BCUT2D eigenvalue weighted by Crippen LogP contribution is -2.43. The molecule has 1 aromatic rings. The van der Waals surface area contributed by atoms with Crippen LogP contribution in [-0.2, 0) is 24.3 Å². The molecule has 1 heterocycles. The number of likely N-dealkylation sites (tertiary alicyclic amines) is 1. The third kappa shape index (κ3) is 6.21. The molecular formula is C18H26N2O6S. The van der Waals surface area contributed by atoms with E-state index in [1.54, 1.807) is 17.0 Å². The van der Waals surface area contributed by atoms with Gasteiger partial charge < -0.3 is 14.4 Å². The summed E-state index contributed by atoms with van der Waals surface area (Å²) in [5.41, 5.74) is 0. The summed E-state index contributed by atoms with van der Waals surface area (Å²) in [5, 5.41) is 0. The Morgan fingerprint density at radius 3 is 2.52 bits per heavy atom. The van der Waals surface area contributed by atoms with Gasteiger partial charge in [0, 0.05) is 26.1 Å². The second-order valence-corrected chi connectivity index (χ2v) is 8.22. The number of carbonyl (C=O) groups is 2. The lowest BCUT2D eigenvalue weighted by atomic mass is 9.98. The van der Waals surface area contributed by atoms with E-state index in [-0.39, 0.29) is 36.1 Å². The van der Waals surface area contributed by atoms with Gasteiger partial charge in [-0.15, -0.1) is 0 Å². The van der Waals surface area contributed by atoms with E-state index < -0.39 is 16.0 Å². The number of hydrogen-bond acceptors (Lipinski definition) is 6. The van der Waals surface area contributed by atoms with Crippen LogP contribution in [0.25, 0.3) is 0 Å². The Bertz CT molecular complexity index is 748. The third-order valence-electron chi connectivity index (χ3n) is 4.57. The summed E-state index contributed by atoms with van der Waals surface area (Å²) in [6, 6.07) is 6.17. The predicted molar refractivity (Wildman–Crippen MR) is 98.7 cm³/mol. The van der Waals surface area contributed by atoms with Gasteiger partial charge in [-0.2, -0.15) is 0 Å². The number of ether oxygens (including phenoxy) is 2. The van der Waals surface area contributed by atoms with Crippen molar-refractivity contribution in [3.8, 4) is 5.75 Å². The van der Waals surface area contributed by atoms with Gasteiger partial charge in [-0.05, 0) is 43.0 Å². The molecule has 0 saturated carbocycles. The monoisotopic (exact) mass is 398 g/mol. The lowest BCUT2D eigenvalue weighted by molar-refractivity contribution is -0.144.